The third-order valence-corrected chi connectivity index (χ3v) is 4.13. The normalized spacial score (nSPS) is 13.2. The Hall–Kier alpha value is -1.27. The molecule has 1 N–H and O–H groups in total. The maximum Gasteiger partial charge on any atom is 0.331 e. The molecule has 8 heteroatoms. The van der Waals surface area contributed by atoms with Crippen molar-refractivity contribution in [2.24, 2.45) is 0 Å². The van der Waals surface area contributed by atoms with Crippen LogP contribution in [0.3, 0.4) is 0 Å². The first-order valence-corrected chi connectivity index (χ1v) is 7.86. The zero-order chi connectivity index (χ0) is 16.5. The van der Waals surface area contributed by atoms with E-state index in [4.69, 9.17) is 9.84 Å². The SMILES string of the molecule is C[N+](C)(C)CC[P+]([O-])=C(CCO)COC(=O)C=CC(=O)[O-]. The van der Waals surface area contributed by atoms with Gasteiger partial charge in [0.2, 0.25) is 0 Å². The van der Waals surface area contributed by atoms with Crippen molar-refractivity contribution < 1.29 is 33.9 Å². The summed E-state index contributed by atoms with van der Waals surface area (Å²) >= 11 is 0. The number of aliphatic hydroxyl groups is 1. The van der Waals surface area contributed by atoms with E-state index in [1.54, 1.807) is 0 Å². The topological polar surface area (TPSA) is 110 Å². The summed E-state index contributed by atoms with van der Waals surface area (Å²) in [6, 6.07) is 0. The van der Waals surface area contributed by atoms with Gasteiger partial charge >= 0.3 is 5.97 Å². The van der Waals surface area contributed by atoms with Crippen LogP contribution in [0.5, 0.6) is 0 Å². The molecule has 1 unspecified atom stereocenters. The van der Waals surface area contributed by atoms with Gasteiger partial charge in [0.1, 0.15) is 11.8 Å². The van der Waals surface area contributed by atoms with Gasteiger partial charge in [0.15, 0.2) is 12.8 Å². The summed E-state index contributed by atoms with van der Waals surface area (Å²) in [6.07, 6.45) is 1.90. The van der Waals surface area contributed by atoms with E-state index in [1.165, 1.54) is 0 Å². The van der Waals surface area contributed by atoms with Gasteiger partial charge in [0, 0.05) is 12.5 Å². The van der Waals surface area contributed by atoms with Crippen molar-refractivity contribution in [1.29, 1.82) is 0 Å². The fourth-order valence-corrected chi connectivity index (χ4v) is 2.94. The lowest BCUT2D eigenvalue weighted by atomic mass is 10.3. The number of quaternary nitrogens is 1. The fraction of sp³-hybridized carbons (Fsp3) is 0.615. The maximum absolute atomic E-state index is 12.1. The molecule has 0 bridgehead atoms. The second kappa shape index (κ2) is 9.63. The zero-order valence-corrected chi connectivity index (χ0v) is 13.5. The Bertz CT molecular complexity index is 425. The second-order valence-corrected chi connectivity index (χ2v) is 7.25. The molecule has 0 heterocycles. The van der Waals surface area contributed by atoms with Gasteiger partial charge in [-0.15, -0.1) is 0 Å². The molecular weight excluding hydrogens is 297 g/mol. The Balaban J connectivity index is 4.60. The van der Waals surface area contributed by atoms with Crippen molar-refractivity contribution in [1.82, 2.24) is 0 Å². The van der Waals surface area contributed by atoms with E-state index in [-0.39, 0.29) is 19.6 Å². The van der Waals surface area contributed by atoms with Crippen molar-refractivity contribution in [2.45, 2.75) is 6.42 Å². The first kappa shape index (κ1) is 19.7. The smallest absolute Gasteiger partial charge is 0.331 e. The molecule has 120 valence electrons. The maximum atomic E-state index is 12.1. The number of carbonyl (C=O) groups is 2. The summed E-state index contributed by atoms with van der Waals surface area (Å²) in [5, 5.41) is 19.6. The molecule has 0 spiro atoms. The highest BCUT2D eigenvalue weighted by Gasteiger charge is 2.16. The minimum absolute atomic E-state index is 0.184. The standard InChI is InChI=1S/C13H22NO6P/c1-14(2,3)7-9-21(19)11(6-8-15)10-20-13(18)5-4-12(16)17/h4-5,15H,6-10H2,1-3H3. The number of esters is 1. The van der Waals surface area contributed by atoms with E-state index in [9.17, 15) is 19.6 Å². The van der Waals surface area contributed by atoms with Gasteiger partial charge in [-0.1, -0.05) is 0 Å². The Morgan fingerprint density at radius 1 is 1.29 bits per heavy atom. The fourth-order valence-electron chi connectivity index (χ4n) is 1.29. The quantitative estimate of drug-likeness (QED) is 0.225. The van der Waals surface area contributed by atoms with Gasteiger partial charge in [-0.2, -0.15) is 0 Å². The monoisotopic (exact) mass is 319 g/mol. The van der Waals surface area contributed by atoms with E-state index in [0.717, 1.165) is 6.08 Å². The lowest BCUT2D eigenvalue weighted by Gasteiger charge is -2.22. The highest BCUT2D eigenvalue weighted by molar-refractivity contribution is 7.51. The molecule has 0 fully saturated rings. The summed E-state index contributed by atoms with van der Waals surface area (Å²) in [7, 11) is 4.21. The summed E-state index contributed by atoms with van der Waals surface area (Å²) in [6.45, 7) is 0.305. The number of carboxylic acids is 1. The zero-order valence-electron chi connectivity index (χ0n) is 12.6. The Labute approximate surface area is 125 Å². The predicted molar refractivity (Wildman–Crippen MR) is 76.5 cm³/mol. The minimum Gasteiger partial charge on any atom is -0.630 e. The van der Waals surface area contributed by atoms with Crippen LogP contribution in [0, 0.1) is 0 Å². The van der Waals surface area contributed by atoms with Gasteiger partial charge in [0.05, 0.1) is 41.5 Å². The largest absolute Gasteiger partial charge is 0.630 e. The van der Waals surface area contributed by atoms with Gasteiger partial charge in [0.25, 0.3) is 0 Å². The number of hydrogen-bond acceptors (Lipinski definition) is 6. The van der Waals surface area contributed by atoms with E-state index in [1.807, 2.05) is 21.1 Å². The lowest BCUT2D eigenvalue weighted by molar-refractivity contribution is -0.867. The van der Waals surface area contributed by atoms with Gasteiger partial charge < -0.3 is 29.1 Å². The van der Waals surface area contributed by atoms with Crippen LogP contribution in [0.1, 0.15) is 6.42 Å². The van der Waals surface area contributed by atoms with Gasteiger partial charge in [-0.25, -0.2) is 4.79 Å². The molecule has 0 aliphatic carbocycles. The van der Waals surface area contributed by atoms with E-state index in [2.05, 4.69) is 0 Å². The number of ether oxygens (including phenoxy) is 1. The van der Waals surface area contributed by atoms with Crippen LogP contribution < -0.4 is 10.00 Å². The summed E-state index contributed by atoms with van der Waals surface area (Å²) < 4.78 is 5.46. The average molecular weight is 319 g/mol. The number of carboxylic acid groups (broad SMARTS) is 1. The Kier molecular flexibility index (Phi) is 9.05. The highest BCUT2D eigenvalue weighted by atomic mass is 31.1. The third kappa shape index (κ3) is 11.1. The van der Waals surface area contributed by atoms with Crippen LogP contribution in [0.25, 0.3) is 0 Å². The molecule has 0 amide bonds. The Morgan fingerprint density at radius 3 is 2.38 bits per heavy atom. The molecule has 0 aliphatic heterocycles. The van der Waals surface area contributed by atoms with Gasteiger partial charge in [-0.3, -0.25) is 0 Å². The molecule has 0 aromatic heterocycles. The van der Waals surface area contributed by atoms with Crippen molar-refractivity contribution in [3.63, 3.8) is 0 Å². The average Bonchev–Trinajstić information content (AvgIpc) is 2.37. The first-order valence-electron chi connectivity index (χ1n) is 6.42. The molecule has 0 saturated carbocycles. The number of nitrogens with zero attached hydrogens (tertiary/aromatic N) is 1. The Morgan fingerprint density at radius 2 is 1.90 bits per heavy atom. The number of carbonyl (C=O) groups excluding carboxylic acids is 2. The van der Waals surface area contributed by atoms with Crippen molar-refractivity contribution >= 4 is 25.0 Å². The summed E-state index contributed by atoms with van der Waals surface area (Å²) in [5.41, 5.74) is 0. The lowest BCUT2D eigenvalue weighted by Crippen LogP contribution is -2.37. The van der Waals surface area contributed by atoms with Crippen LogP contribution in [-0.2, 0) is 14.3 Å². The van der Waals surface area contributed by atoms with E-state index >= 15 is 0 Å². The van der Waals surface area contributed by atoms with Crippen LogP contribution in [0.4, 0.5) is 0 Å². The summed E-state index contributed by atoms with van der Waals surface area (Å²) in [5.74, 6) is -2.36. The predicted octanol–water partition coefficient (Wildman–Crippen LogP) is -2.15. The second-order valence-electron chi connectivity index (χ2n) is 5.42. The number of hydrogen-bond donors (Lipinski definition) is 1. The molecule has 0 aromatic rings. The molecule has 0 radical (unpaired) electrons. The van der Waals surface area contributed by atoms with E-state index in [0.29, 0.717) is 28.6 Å². The molecule has 0 aromatic carbocycles. The number of rotatable bonds is 9. The molecule has 0 aliphatic rings. The summed E-state index contributed by atoms with van der Waals surface area (Å²) in [4.78, 5) is 33.5. The van der Waals surface area contributed by atoms with Crippen LogP contribution in [0.2, 0.25) is 0 Å². The molecule has 21 heavy (non-hydrogen) atoms. The van der Waals surface area contributed by atoms with Crippen LogP contribution in [-0.4, -0.2) is 73.9 Å². The van der Waals surface area contributed by atoms with Crippen LogP contribution >= 0.6 is 7.77 Å². The molecule has 1 atom stereocenters. The van der Waals surface area contributed by atoms with E-state index < -0.39 is 19.7 Å². The third-order valence-electron chi connectivity index (χ3n) is 2.46. The van der Waals surface area contributed by atoms with Crippen molar-refractivity contribution in [3.05, 3.63) is 12.2 Å². The van der Waals surface area contributed by atoms with Crippen molar-refractivity contribution in [3.8, 4) is 0 Å². The molecule has 0 rings (SSSR count). The molecule has 7 nitrogen and oxygen atoms in total. The van der Waals surface area contributed by atoms with Gasteiger partial charge in [-0.05, 0) is 6.08 Å². The molecule has 0 saturated heterocycles. The highest BCUT2D eigenvalue weighted by Crippen LogP contribution is 2.17. The number of aliphatic hydroxyl groups excluding tert-OH is 1. The number of aliphatic carboxylic acids is 1. The minimum atomic E-state index is -1.71. The van der Waals surface area contributed by atoms with Crippen molar-refractivity contribution in [2.75, 3.05) is 47.1 Å². The molecular formula is C13H22NO6P. The van der Waals surface area contributed by atoms with Crippen LogP contribution in [0.15, 0.2) is 12.2 Å². The first-order chi connectivity index (χ1) is 9.65.